The summed E-state index contributed by atoms with van der Waals surface area (Å²) < 4.78 is 0. The molecule has 122 valence electrons. The third kappa shape index (κ3) is 4.50. The topological polar surface area (TPSA) is 88.3 Å². The van der Waals surface area contributed by atoms with E-state index < -0.39 is 10.5 Å². The quantitative estimate of drug-likeness (QED) is 0.649. The zero-order chi connectivity index (χ0) is 17.2. The summed E-state index contributed by atoms with van der Waals surface area (Å²) in [7, 11) is 0. The number of nitrogens with one attached hydrogen (secondary N) is 1. The van der Waals surface area contributed by atoms with Gasteiger partial charge in [0.25, 0.3) is 0 Å². The van der Waals surface area contributed by atoms with Gasteiger partial charge in [-0.3, -0.25) is 10.1 Å². The Kier molecular flexibility index (Phi) is 4.65. The van der Waals surface area contributed by atoms with Crippen LogP contribution in [0.3, 0.4) is 0 Å². The minimum absolute atomic E-state index is 0.0174. The molecule has 0 aliphatic carbocycles. The van der Waals surface area contributed by atoms with Crippen molar-refractivity contribution >= 4 is 17.2 Å². The number of benzene rings is 1. The van der Waals surface area contributed by atoms with Crippen LogP contribution in [-0.2, 0) is 6.42 Å². The molecule has 0 radical (unpaired) electrons. The smallest absolute Gasteiger partial charge is 0.314 e. The molecule has 0 atom stereocenters. The molecule has 0 aliphatic heterocycles. The summed E-state index contributed by atoms with van der Waals surface area (Å²) in [5.41, 5.74) is 2.20. The molecule has 0 saturated heterocycles. The van der Waals surface area contributed by atoms with Crippen LogP contribution in [0.15, 0.2) is 30.3 Å². The van der Waals surface area contributed by atoms with Crippen molar-refractivity contribution in [2.24, 2.45) is 0 Å². The number of aromatic nitrogens is 1. The second-order valence-electron chi connectivity index (χ2n) is 6.35. The van der Waals surface area contributed by atoms with Gasteiger partial charge in [0.15, 0.2) is 0 Å². The number of aryl methyl sites for hydroxylation is 2. The summed E-state index contributed by atoms with van der Waals surface area (Å²) in [4.78, 5) is 15.1. The molecule has 0 bridgehead atoms. The van der Waals surface area contributed by atoms with Gasteiger partial charge in [-0.25, -0.2) is 4.98 Å². The van der Waals surface area contributed by atoms with Crippen molar-refractivity contribution in [3.63, 3.8) is 0 Å². The van der Waals surface area contributed by atoms with Gasteiger partial charge in [0.1, 0.15) is 0 Å². The second kappa shape index (κ2) is 6.34. The molecule has 0 fully saturated rings. The van der Waals surface area contributed by atoms with Crippen molar-refractivity contribution in [2.75, 3.05) is 5.32 Å². The van der Waals surface area contributed by atoms with Crippen LogP contribution in [-0.4, -0.2) is 20.6 Å². The van der Waals surface area contributed by atoms with Crippen LogP contribution < -0.4 is 5.32 Å². The van der Waals surface area contributed by atoms with E-state index in [1.807, 2.05) is 24.3 Å². The summed E-state index contributed by atoms with van der Waals surface area (Å²) in [5.74, 6) is 0.239. The van der Waals surface area contributed by atoms with Crippen molar-refractivity contribution in [2.45, 2.75) is 39.7 Å². The van der Waals surface area contributed by atoms with Crippen LogP contribution in [0.1, 0.15) is 30.7 Å². The average molecular weight is 315 g/mol. The van der Waals surface area contributed by atoms with Crippen LogP contribution in [0.5, 0.6) is 0 Å². The molecule has 0 saturated carbocycles. The summed E-state index contributed by atoms with van der Waals surface area (Å²) in [6.45, 7) is 7.00. The molecule has 0 aliphatic rings. The third-order valence-corrected chi connectivity index (χ3v) is 3.35. The van der Waals surface area contributed by atoms with Gasteiger partial charge in [-0.1, -0.05) is 12.1 Å². The van der Waals surface area contributed by atoms with E-state index in [0.29, 0.717) is 23.4 Å². The molecule has 2 N–H and O–H groups in total. The van der Waals surface area contributed by atoms with Crippen molar-refractivity contribution in [3.05, 3.63) is 57.3 Å². The Morgan fingerprint density at radius 2 is 1.87 bits per heavy atom. The van der Waals surface area contributed by atoms with E-state index in [2.05, 4.69) is 10.3 Å². The maximum absolute atomic E-state index is 11.3. The number of hydrogen-bond donors (Lipinski definition) is 2. The molecule has 1 heterocycles. The van der Waals surface area contributed by atoms with Crippen LogP contribution in [0.25, 0.3) is 0 Å². The summed E-state index contributed by atoms with van der Waals surface area (Å²) in [6.07, 6.45) is 0.537. The maximum atomic E-state index is 11.3. The second-order valence-corrected chi connectivity index (χ2v) is 6.35. The number of aliphatic hydroxyl groups is 1. The zero-order valence-corrected chi connectivity index (χ0v) is 13.8. The maximum Gasteiger partial charge on any atom is 0.314 e. The summed E-state index contributed by atoms with van der Waals surface area (Å²) >= 11 is 0. The fourth-order valence-electron chi connectivity index (χ4n) is 2.49. The lowest BCUT2D eigenvalue weighted by atomic mass is 9.99. The first kappa shape index (κ1) is 16.9. The number of nitrogens with zero attached hydrogens (tertiary/aromatic N) is 2. The fraction of sp³-hybridized carbons (Fsp3) is 0.353. The average Bonchev–Trinajstić information content (AvgIpc) is 2.38. The first-order chi connectivity index (χ1) is 10.7. The first-order valence-corrected chi connectivity index (χ1v) is 7.37. The Morgan fingerprint density at radius 1 is 1.26 bits per heavy atom. The highest BCUT2D eigenvalue weighted by Crippen LogP contribution is 2.29. The molecule has 23 heavy (non-hydrogen) atoms. The number of hydrogen-bond acceptors (Lipinski definition) is 5. The van der Waals surface area contributed by atoms with E-state index in [-0.39, 0.29) is 11.5 Å². The lowest BCUT2D eigenvalue weighted by Crippen LogP contribution is -2.21. The predicted molar refractivity (Wildman–Crippen MR) is 90.1 cm³/mol. The highest BCUT2D eigenvalue weighted by molar-refractivity contribution is 5.68. The minimum atomic E-state index is -0.775. The van der Waals surface area contributed by atoms with Gasteiger partial charge in [-0.2, -0.15) is 0 Å². The Hall–Kier alpha value is -2.47. The van der Waals surface area contributed by atoms with Crippen molar-refractivity contribution < 1.29 is 10.0 Å². The van der Waals surface area contributed by atoms with E-state index in [1.165, 1.54) is 0 Å². The van der Waals surface area contributed by atoms with Gasteiger partial charge in [-0.05, 0) is 51.5 Å². The molecule has 6 heteroatoms. The zero-order valence-electron chi connectivity index (χ0n) is 13.8. The van der Waals surface area contributed by atoms with Crippen LogP contribution >= 0.6 is 0 Å². The largest absolute Gasteiger partial charge is 0.390 e. The van der Waals surface area contributed by atoms with Crippen molar-refractivity contribution in [1.29, 1.82) is 0 Å². The first-order valence-electron chi connectivity index (χ1n) is 7.37. The van der Waals surface area contributed by atoms with Gasteiger partial charge in [-0.15, -0.1) is 0 Å². The predicted octanol–water partition coefficient (Wildman–Crippen LogP) is 3.66. The molecule has 1 aromatic carbocycles. The molecular formula is C17H21N3O3. The van der Waals surface area contributed by atoms with Gasteiger partial charge in [0, 0.05) is 23.4 Å². The number of anilines is 2. The highest BCUT2D eigenvalue weighted by atomic mass is 16.6. The van der Waals surface area contributed by atoms with E-state index in [9.17, 15) is 15.2 Å². The lowest BCUT2D eigenvalue weighted by Gasteiger charge is -2.17. The molecule has 0 unspecified atom stereocenters. The molecule has 0 amide bonds. The summed E-state index contributed by atoms with van der Waals surface area (Å²) in [5, 5.41) is 24.1. The molecule has 1 aromatic heterocycles. The molecule has 2 rings (SSSR count). The Balaban J connectivity index is 2.28. The van der Waals surface area contributed by atoms with Crippen LogP contribution in [0.4, 0.5) is 17.2 Å². The van der Waals surface area contributed by atoms with Gasteiger partial charge in [0.05, 0.1) is 10.5 Å². The molecule has 2 aromatic rings. The van der Waals surface area contributed by atoms with Gasteiger partial charge in [0.2, 0.25) is 5.82 Å². The van der Waals surface area contributed by atoms with Crippen molar-refractivity contribution in [3.8, 4) is 0 Å². The van der Waals surface area contributed by atoms with Crippen LogP contribution in [0.2, 0.25) is 0 Å². The minimum Gasteiger partial charge on any atom is -0.390 e. The van der Waals surface area contributed by atoms with E-state index in [1.54, 1.807) is 33.8 Å². The fourth-order valence-corrected chi connectivity index (χ4v) is 2.49. The highest BCUT2D eigenvalue weighted by Gasteiger charge is 2.20. The Bertz CT molecular complexity index is 719. The Morgan fingerprint density at radius 3 is 2.39 bits per heavy atom. The summed E-state index contributed by atoms with van der Waals surface area (Å²) in [6, 6.07) is 9.10. The SMILES string of the molecule is Cc1cc(C)c([N+](=O)[O-])c(Nc2ccc(CC(C)(C)O)cc2)n1. The van der Waals surface area contributed by atoms with E-state index in [0.717, 1.165) is 5.56 Å². The standard InChI is InChI=1S/C17H21N3O3/c1-11-9-12(2)18-16(15(11)20(22)23)19-14-7-5-13(6-8-14)10-17(3,4)21/h5-9,21H,10H2,1-4H3,(H,18,19). The number of rotatable bonds is 5. The molecule has 0 spiro atoms. The van der Waals surface area contributed by atoms with E-state index in [4.69, 9.17) is 0 Å². The lowest BCUT2D eigenvalue weighted by molar-refractivity contribution is -0.384. The van der Waals surface area contributed by atoms with E-state index >= 15 is 0 Å². The monoisotopic (exact) mass is 315 g/mol. The molecular weight excluding hydrogens is 294 g/mol. The van der Waals surface area contributed by atoms with Crippen LogP contribution in [0, 0.1) is 24.0 Å². The number of nitro groups is 1. The van der Waals surface area contributed by atoms with Gasteiger partial charge < -0.3 is 10.4 Å². The normalized spacial score (nSPS) is 11.3. The number of pyridine rings is 1. The molecule has 6 nitrogen and oxygen atoms in total. The Labute approximate surface area is 135 Å². The van der Waals surface area contributed by atoms with Crippen molar-refractivity contribution in [1.82, 2.24) is 4.98 Å². The third-order valence-electron chi connectivity index (χ3n) is 3.35. The van der Waals surface area contributed by atoms with Gasteiger partial charge >= 0.3 is 5.69 Å².